The third-order valence-electron chi connectivity index (χ3n) is 3.88. The number of nitrogens with zero attached hydrogens (tertiary/aromatic N) is 2. The van der Waals surface area contributed by atoms with Crippen molar-refractivity contribution in [2.75, 3.05) is 6.54 Å². The number of carbonyl (C=O) groups is 1. The molecule has 0 spiro atoms. The Hall–Kier alpha value is -2.08. The predicted octanol–water partition coefficient (Wildman–Crippen LogP) is 2.91. The molecule has 23 heavy (non-hydrogen) atoms. The second-order valence-corrected chi connectivity index (χ2v) is 7.18. The summed E-state index contributed by atoms with van der Waals surface area (Å²) in [6.07, 6.45) is -0.531. The molecular formula is C17H23N3O3. The molecule has 1 aliphatic rings. The zero-order valence-electron chi connectivity index (χ0n) is 14.0. The second kappa shape index (κ2) is 5.53. The van der Waals surface area contributed by atoms with E-state index in [1.807, 2.05) is 45.9 Å². The van der Waals surface area contributed by atoms with Crippen molar-refractivity contribution in [3.8, 4) is 0 Å². The van der Waals surface area contributed by atoms with Crippen molar-refractivity contribution in [1.82, 2.24) is 14.9 Å². The molecule has 1 aliphatic heterocycles. The number of imidazole rings is 1. The van der Waals surface area contributed by atoms with Crippen molar-refractivity contribution in [3.05, 3.63) is 29.6 Å². The van der Waals surface area contributed by atoms with E-state index in [2.05, 4.69) is 9.97 Å². The van der Waals surface area contributed by atoms with E-state index in [1.165, 1.54) is 0 Å². The molecule has 124 valence electrons. The number of aromatic nitrogens is 2. The zero-order valence-corrected chi connectivity index (χ0v) is 14.0. The molecule has 1 aromatic heterocycles. The van der Waals surface area contributed by atoms with E-state index in [9.17, 15) is 9.90 Å². The molecule has 1 amide bonds. The number of likely N-dealkylation sites (tertiary alicyclic amines) is 1. The van der Waals surface area contributed by atoms with Gasteiger partial charge in [-0.15, -0.1) is 0 Å². The van der Waals surface area contributed by atoms with Crippen LogP contribution in [0.1, 0.15) is 44.6 Å². The minimum Gasteiger partial charge on any atom is -0.444 e. The molecule has 0 bridgehead atoms. The Balaban J connectivity index is 1.90. The lowest BCUT2D eigenvalue weighted by atomic mass is 10.2. The van der Waals surface area contributed by atoms with Crippen molar-refractivity contribution in [2.45, 2.75) is 51.9 Å². The Morgan fingerprint density at radius 3 is 2.87 bits per heavy atom. The van der Waals surface area contributed by atoms with Crippen LogP contribution in [-0.2, 0) is 4.74 Å². The van der Waals surface area contributed by atoms with Crippen LogP contribution in [0.3, 0.4) is 0 Å². The highest BCUT2D eigenvalue weighted by atomic mass is 16.6. The lowest BCUT2D eigenvalue weighted by molar-refractivity contribution is 0.0201. The number of nitrogens with one attached hydrogen (secondary N) is 1. The summed E-state index contributed by atoms with van der Waals surface area (Å²) in [7, 11) is 0. The minimum atomic E-state index is -0.569. The van der Waals surface area contributed by atoms with E-state index in [4.69, 9.17) is 4.74 Å². The maximum atomic E-state index is 12.4. The maximum absolute atomic E-state index is 12.4. The summed E-state index contributed by atoms with van der Waals surface area (Å²) in [5.74, 6) is 0.688. The highest BCUT2D eigenvalue weighted by molar-refractivity contribution is 5.76. The van der Waals surface area contributed by atoms with Gasteiger partial charge in [0.2, 0.25) is 0 Å². The molecule has 2 N–H and O–H groups in total. The number of carbonyl (C=O) groups excluding carboxylic acids is 1. The first kappa shape index (κ1) is 15.8. The molecule has 3 rings (SSSR count). The van der Waals surface area contributed by atoms with Crippen molar-refractivity contribution >= 4 is 17.1 Å². The molecule has 0 radical (unpaired) electrons. The van der Waals surface area contributed by atoms with Gasteiger partial charge in [-0.2, -0.15) is 0 Å². The van der Waals surface area contributed by atoms with Crippen LogP contribution >= 0.6 is 0 Å². The minimum absolute atomic E-state index is 0.260. The number of benzene rings is 1. The first-order chi connectivity index (χ1) is 10.7. The van der Waals surface area contributed by atoms with Gasteiger partial charge in [0.25, 0.3) is 0 Å². The van der Waals surface area contributed by atoms with Gasteiger partial charge in [0, 0.05) is 6.42 Å². The number of fused-ring (bicyclic) bond motifs is 1. The number of amides is 1. The molecule has 1 fully saturated rings. The number of hydrogen-bond acceptors (Lipinski definition) is 4. The van der Waals surface area contributed by atoms with Crippen LogP contribution in [0.25, 0.3) is 11.0 Å². The summed E-state index contributed by atoms with van der Waals surface area (Å²) >= 11 is 0. The highest BCUT2D eigenvalue weighted by Crippen LogP contribution is 2.33. The van der Waals surface area contributed by atoms with Crippen LogP contribution in [0.15, 0.2) is 18.2 Å². The van der Waals surface area contributed by atoms with Gasteiger partial charge in [-0.3, -0.25) is 4.90 Å². The van der Waals surface area contributed by atoms with E-state index in [0.717, 1.165) is 16.6 Å². The molecule has 2 aromatic rings. The Morgan fingerprint density at radius 2 is 2.17 bits per heavy atom. The number of H-pyrrole nitrogens is 1. The zero-order chi connectivity index (χ0) is 16.8. The maximum Gasteiger partial charge on any atom is 0.411 e. The van der Waals surface area contributed by atoms with Crippen LogP contribution in [0, 0.1) is 6.92 Å². The quantitative estimate of drug-likeness (QED) is 0.847. The number of aliphatic hydroxyl groups is 1. The van der Waals surface area contributed by atoms with Crippen LogP contribution < -0.4 is 0 Å². The molecule has 2 heterocycles. The fourth-order valence-electron chi connectivity index (χ4n) is 2.90. The molecule has 1 aromatic carbocycles. The second-order valence-electron chi connectivity index (χ2n) is 7.18. The summed E-state index contributed by atoms with van der Waals surface area (Å²) in [5, 5.41) is 10.0. The molecule has 6 heteroatoms. The smallest absolute Gasteiger partial charge is 0.411 e. The van der Waals surface area contributed by atoms with Gasteiger partial charge in [-0.1, -0.05) is 6.07 Å². The van der Waals surface area contributed by atoms with Gasteiger partial charge in [0.15, 0.2) is 0 Å². The third-order valence-corrected chi connectivity index (χ3v) is 3.88. The molecule has 0 saturated carbocycles. The molecule has 6 nitrogen and oxygen atoms in total. The summed E-state index contributed by atoms with van der Waals surface area (Å²) < 4.78 is 5.45. The van der Waals surface area contributed by atoms with Crippen LogP contribution in [0.2, 0.25) is 0 Å². The van der Waals surface area contributed by atoms with Crippen molar-refractivity contribution in [3.63, 3.8) is 0 Å². The lowest BCUT2D eigenvalue weighted by Crippen LogP contribution is -2.37. The standard InChI is InChI=1S/C17H23N3O3/c1-10-5-6-12-13(7-10)19-15(18-12)14-8-11(21)9-20(14)16(22)23-17(2,3)4/h5-7,11,14,21H,8-9H2,1-4H3,(H,18,19). The van der Waals surface area contributed by atoms with E-state index in [1.54, 1.807) is 4.90 Å². The van der Waals surface area contributed by atoms with Crippen LogP contribution in [0.4, 0.5) is 4.79 Å². The number of rotatable bonds is 1. The number of ether oxygens (including phenoxy) is 1. The number of β-amino-alcohol motifs (C(OH)–C–C–N with tert-alkyl or cyclic N) is 1. The average molecular weight is 317 g/mol. The molecule has 1 saturated heterocycles. The van der Waals surface area contributed by atoms with Crippen molar-refractivity contribution in [2.24, 2.45) is 0 Å². The largest absolute Gasteiger partial charge is 0.444 e. The van der Waals surface area contributed by atoms with Gasteiger partial charge in [-0.25, -0.2) is 9.78 Å². The molecule has 0 aliphatic carbocycles. The van der Waals surface area contributed by atoms with Crippen molar-refractivity contribution in [1.29, 1.82) is 0 Å². The van der Waals surface area contributed by atoms with Crippen LogP contribution in [0.5, 0.6) is 0 Å². The van der Waals surface area contributed by atoms with E-state index in [-0.39, 0.29) is 12.6 Å². The topological polar surface area (TPSA) is 78.5 Å². The fraction of sp³-hybridized carbons (Fsp3) is 0.529. The number of aliphatic hydroxyl groups excluding tert-OH is 1. The Labute approximate surface area is 135 Å². The third kappa shape index (κ3) is 3.32. The first-order valence-corrected chi connectivity index (χ1v) is 7.87. The van der Waals surface area contributed by atoms with Gasteiger partial charge in [-0.05, 0) is 45.4 Å². The summed E-state index contributed by atoms with van der Waals surface area (Å²) in [6, 6.07) is 5.68. The average Bonchev–Trinajstić information content (AvgIpc) is 2.99. The summed E-state index contributed by atoms with van der Waals surface area (Å²) in [6.45, 7) is 7.77. The number of aromatic amines is 1. The Morgan fingerprint density at radius 1 is 1.43 bits per heavy atom. The Bertz CT molecular complexity index is 732. The molecule has 2 atom stereocenters. The van der Waals surface area contributed by atoms with Gasteiger partial charge in [0.05, 0.1) is 29.7 Å². The van der Waals surface area contributed by atoms with E-state index < -0.39 is 17.8 Å². The summed E-state index contributed by atoms with van der Waals surface area (Å²) in [5.41, 5.74) is 2.37. The van der Waals surface area contributed by atoms with Gasteiger partial charge in [0.1, 0.15) is 11.4 Å². The Kier molecular flexibility index (Phi) is 3.80. The molecule has 2 unspecified atom stereocenters. The first-order valence-electron chi connectivity index (χ1n) is 7.87. The van der Waals surface area contributed by atoms with E-state index >= 15 is 0 Å². The SMILES string of the molecule is Cc1ccc2nc(C3CC(O)CN3C(=O)OC(C)(C)C)[nH]c2c1. The predicted molar refractivity (Wildman–Crippen MR) is 87.1 cm³/mol. The monoisotopic (exact) mass is 317 g/mol. The number of aryl methyl sites for hydroxylation is 1. The van der Waals surface area contributed by atoms with E-state index in [0.29, 0.717) is 12.2 Å². The normalized spacial score (nSPS) is 21.9. The fourth-order valence-corrected chi connectivity index (χ4v) is 2.90. The lowest BCUT2D eigenvalue weighted by Gasteiger charge is -2.27. The van der Waals surface area contributed by atoms with Gasteiger partial charge >= 0.3 is 6.09 Å². The summed E-state index contributed by atoms with van der Waals surface area (Å²) in [4.78, 5) is 21.8. The van der Waals surface area contributed by atoms with Crippen LogP contribution in [-0.4, -0.2) is 44.3 Å². The number of hydrogen-bond donors (Lipinski definition) is 2. The molecular weight excluding hydrogens is 294 g/mol. The van der Waals surface area contributed by atoms with Gasteiger partial charge < -0.3 is 14.8 Å². The highest BCUT2D eigenvalue weighted by Gasteiger charge is 2.39. The van der Waals surface area contributed by atoms with Crippen molar-refractivity contribution < 1.29 is 14.6 Å².